The van der Waals surface area contributed by atoms with Crippen molar-refractivity contribution in [2.45, 2.75) is 90.4 Å². The van der Waals surface area contributed by atoms with Crippen molar-refractivity contribution >= 4 is 11.5 Å². The average molecular weight is 521 g/mol. The highest BCUT2D eigenvalue weighted by atomic mass is 16.5. The summed E-state index contributed by atoms with van der Waals surface area (Å²) in [5.41, 5.74) is 6.01. The van der Waals surface area contributed by atoms with E-state index in [2.05, 4.69) is 61.5 Å². The zero-order valence-electron chi connectivity index (χ0n) is 23.7. The third-order valence-corrected chi connectivity index (χ3v) is 8.90. The number of allylic oxidation sites excluding steroid dienone is 1. The van der Waals surface area contributed by atoms with Crippen molar-refractivity contribution in [2.24, 2.45) is 11.8 Å². The van der Waals surface area contributed by atoms with Crippen LogP contribution in [0.2, 0.25) is 0 Å². The molecule has 3 aromatic rings. The number of carbonyl (C=O) groups is 1. The van der Waals surface area contributed by atoms with Crippen molar-refractivity contribution in [1.29, 1.82) is 0 Å². The third kappa shape index (κ3) is 7.72. The second-order valence-corrected chi connectivity index (χ2v) is 11.7. The van der Waals surface area contributed by atoms with E-state index in [-0.39, 0.29) is 5.78 Å². The fourth-order valence-corrected chi connectivity index (χ4v) is 6.51. The molecule has 0 bridgehead atoms. The summed E-state index contributed by atoms with van der Waals surface area (Å²) in [6, 6.07) is 25.6. The van der Waals surface area contributed by atoms with Gasteiger partial charge in [-0.05, 0) is 71.9 Å². The molecule has 0 N–H and O–H groups in total. The van der Waals surface area contributed by atoms with Crippen LogP contribution in [0.1, 0.15) is 94.2 Å². The number of ether oxygens (including phenoxy) is 1. The molecule has 0 atom stereocenters. The van der Waals surface area contributed by atoms with Crippen molar-refractivity contribution < 1.29 is 9.53 Å². The molecule has 204 valence electrons. The fraction of sp³-hybridized carbons (Fsp3) is 0.432. The van der Waals surface area contributed by atoms with Crippen LogP contribution in [-0.2, 0) is 17.6 Å². The Hall–Kier alpha value is -3.13. The van der Waals surface area contributed by atoms with Crippen LogP contribution in [0.15, 0.2) is 78.9 Å². The SMILES string of the molecule is CCC1CCCC(CCCc2ccc(-c3cccc(OC4=CC(=O)CCCc5ccccc54)c3)cc2)CCC1. The highest BCUT2D eigenvalue weighted by Crippen LogP contribution is 2.32. The number of benzene rings is 3. The van der Waals surface area contributed by atoms with Crippen LogP contribution < -0.4 is 4.74 Å². The minimum Gasteiger partial charge on any atom is -0.457 e. The molecule has 39 heavy (non-hydrogen) atoms. The van der Waals surface area contributed by atoms with Gasteiger partial charge < -0.3 is 4.74 Å². The minimum absolute atomic E-state index is 0.130. The van der Waals surface area contributed by atoms with Gasteiger partial charge in [0, 0.05) is 18.1 Å². The predicted molar refractivity (Wildman–Crippen MR) is 163 cm³/mol. The molecule has 1 saturated carbocycles. The van der Waals surface area contributed by atoms with E-state index in [0.29, 0.717) is 12.2 Å². The Kier molecular flexibility index (Phi) is 9.70. The van der Waals surface area contributed by atoms with Crippen molar-refractivity contribution in [1.82, 2.24) is 0 Å². The van der Waals surface area contributed by atoms with E-state index < -0.39 is 0 Å². The Bertz CT molecular complexity index is 1240. The lowest BCUT2D eigenvalue weighted by Gasteiger charge is -2.24. The number of ketones is 1. The Morgan fingerprint density at radius 3 is 2.33 bits per heavy atom. The first-order valence-electron chi connectivity index (χ1n) is 15.4. The molecule has 0 saturated heterocycles. The average Bonchev–Trinajstić information content (AvgIpc) is 2.94. The third-order valence-electron chi connectivity index (χ3n) is 8.90. The molecule has 0 heterocycles. The van der Waals surface area contributed by atoms with Gasteiger partial charge in [-0.25, -0.2) is 0 Å². The van der Waals surface area contributed by atoms with E-state index in [1.807, 2.05) is 18.2 Å². The summed E-state index contributed by atoms with van der Waals surface area (Å²) in [7, 11) is 0. The van der Waals surface area contributed by atoms with Gasteiger partial charge in [0.25, 0.3) is 0 Å². The predicted octanol–water partition coefficient (Wildman–Crippen LogP) is 10.00. The first kappa shape index (κ1) is 27.4. The quantitative estimate of drug-likeness (QED) is 0.295. The number of aryl methyl sites for hydroxylation is 2. The minimum atomic E-state index is 0.130. The summed E-state index contributed by atoms with van der Waals surface area (Å²) >= 11 is 0. The molecule has 0 spiro atoms. The van der Waals surface area contributed by atoms with Crippen LogP contribution in [0.4, 0.5) is 0 Å². The Morgan fingerprint density at radius 1 is 0.769 bits per heavy atom. The second kappa shape index (κ2) is 13.8. The standard InChI is InChI=1S/C37H44O2/c1-2-28-10-5-12-29(13-6-11-28)14-7-15-30-22-24-31(25-23-30)33-18-9-20-35(26-33)39-37-27-34(38)19-8-17-32-16-3-4-21-36(32)37/h3-4,9,16,18,20-29H,2,5-8,10-15,17,19H2,1H3. The molecule has 2 heteroatoms. The Morgan fingerprint density at radius 2 is 1.54 bits per heavy atom. The van der Waals surface area contributed by atoms with E-state index in [0.717, 1.165) is 41.6 Å². The summed E-state index contributed by atoms with van der Waals surface area (Å²) in [5, 5.41) is 0. The second-order valence-electron chi connectivity index (χ2n) is 11.7. The zero-order chi connectivity index (χ0) is 26.9. The van der Waals surface area contributed by atoms with Crippen molar-refractivity contribution in [3.63, 3.8) is 0 Å². The summed E-state index contributed by atoms with van der Waals surface area (Å²) in [4.78, 5) is 12.4. The molecule has 0 amide bonds. The van der Waals surface area contributed by atoms with Crippen LogP contribution in [-0.4, -0.2) is 5.78 Å². The lowest BCUT2D eigenvalue weighted by Crippen LogP contribution is -2.09. The van der Waals surface area contributed by atoms with Gasteiger partial charge >= 0.3 is 0 Å². The van der Waals surface area contributed by atoms with Crippen LogP contribution >= 0.6 is 0 Å². The Balaban J connectivity index is 1.19. The van der Waals surface area contributed by atoms with Crippen LogP contribution in [0.25, 0.3) is 16.9 Å². The topological polar surface area (TPSA) is 26.3 Å². The monoisotopic (exact) mass is 520 g/mol. The summed E-state index contributed by atoms with van der Waals surface area (Å²) in [6.07, 6.45) is 17.8. The van der Waals surface area contributed by atoms with Gasteiger partial charge in [0.15, 0.2) is 5.78 Å². The number of carbonyl (C=O) groups excluding carboxylic acids is 1. The fourth-order valence-electron chi connectivity index (χ4n) is 6.51. The number of rotatable bonds is 8. The molecule has 5 rings (SSSR count). The molecule has 0 unspecified atom stereocenters. The summed E-state index contributed by atoms with van der Waals surface area (Å²) in [5.74, 6) is 3.45. The molecule has 2 nitrogen and oxygen atoms in total. The summed E-state index contributed by atoms with van der Waals surface area (Å²) < 4.78 is 6.35. The van der Waals surface area contributed by atoms with Crippen molar-refractivity contribution in [3.05, 3.63) is 95.6 Å². The van der Waals surface area contributed by atoms with E-state index in [1.165, 1.54) is 80.9 Å². The van der Waals surface area contributed by atoms with E-state index in [1.54, 1.807) is 6.08 Å². The molecule has 0 aromatic heterocycles. The van der Waals surface area contributed by atoms with Crippen LogP contribution in [0.3, 0.4) is 0 Å². The maximum absolute atomic E-state index is 12.4. The van der Waals surface area contributed by atoms with Gasteiger partial charge in [0.1, 0.15) is 11.5 Å². The van der Waals surface area contributed by atoms with Gasteiger partial charge in [0.2, 0.25) is 0 Å². The maximum atomic E-state index is 12.4. The summed E-state index contributed by atoms with van der Waals surface area (Å²) in [6.45, 7) is 2.36. The first-order chi connectivity index (χ1) is 19.2. The number of hydrogen-bond acceptors (Lipinski definition) is 2. The molecular weight excluding hydrogens is 476 g/mol. The number of fused-ring (bicyclic) bond motifs is 1. The van der Waals surface area contributed by atoms with Gasteiger partial charge in [-0.3, -0.25) is 4.79 Å². The van der Waals surface area contributed by atoms with Gasteiger partial charge in [0.05, 0.1) is 0 Å². The molecule has 0 aliphatic heterocycles. The molecule has 2 aliphatic rings. The normalized spacial score (nSPS) is 20.1. The molecule has 3 aromatic carbocycles. The zero-order valence-corrected chi connectivity index (χ0v) is 23.7. The first-order valence-corrected chi connectivity index (χ1v) is 15.4. The van der Waals surface area contributed by atoms with Crippen LogP contribution in [0.5, 0.6) is 5.75 Å². The Labute approximate surface area is 235 Å². The maximum Gasteiger partial charge on any atom is 0.159 e. The highest BCUT2D eigenvalue weighted by molar-refractivity contribution is 5.96. The van der Waals surface area contributed by atoms with E-state index in [4.69, 9.17) is 4.74 Å². The van der Waals surface area contributed by atoms with E-state index >= 15 is 0 Å². The lowest BCUT2D eigenvalue weighted by molar-refractivity contribution is -0.114. The molecular formula is C37H44O2. The van der Waals surface area contributed by atoms with Gasteiger partial charge in [-0.2, -0.15) is 0 Å². The number of hydrogen-bond donors (Lipinski definition) is 0. The van der Waals surface area contributed by atoms with Gasteiger partial charge in [-0.15, -0.1) is 0 Å². The van der Waals surface area contributed by atoms with Gasteiger partial charge in [-0.1, -0.05) is 119 Å². The lowest BCUT2D eigenvalue weighted by atomic mass is 9.82. The largest absolute Gasteiger partial charge is 0.457 e. The molecule has 1 fully saturated rings. The van der Waals surface area contributed by atoms with Crippen molar-refractivity contribution in [3.8, 4) is 16.9 Å². The molecule has 0 radical (unpaired) electrons. The van der Waals surface area contributed by atoms with E-state index in [9.17, 15) is 4.79 Å². The molecule has 2 aliphatic carbocycles. The van der Waals surface area contributed by atoms with Crippen LogP contribution in [0, 0.1) is 11.8 Å². The smallest absolute Gasteiger partial charge is 0.159 e. The van der Waals surface area contributed by atoms with Crippen molar-refractivity contribution in [2.75, 3.05) is 0 Å². The highest BCUT2D eigenvalue weighted by Gasteiger charge is 2.17.